The summed E-state index contributed by atoms with van der Waals surface area (Å²) in [7, 11) is 1.44. The van der Waals surface area contributed by atoms with Crippen molar-refractivity contribution in [2.24, 2.45) is 0 Å². The minimum Gasteiger partial charge on any atom is -0.468 e. The van der Waals surface area contributed by atoms with Crippen molar-refractivity contribution >= 4 is 33.2 Å². The monoisotopic (exact) mass is 289 g/mol. The van der Waals surface area contributed by atoms with E-state index in [0.29, 0.717) is 0 Å². The lowest BCUT2D eigenvalue weighted by molar-refractivity contribution is -0.152. The zero-order valence-electron chi connectivity index (χ0n) is 8.40. The Morgan fingerprint density at radius 2 is 2.60 bits per heavy atom. The van der Waals surface area contributed by atoms with Gasteiger partial charge in [-0.25, -0.2) is 0 Å². The van der Waals surface area contributed by atoms with Crippen LogP contribution in [0.2, 0.25) is 0 Å². The number of ether oxygens (including phenoxy) is 1. The predicted octanol–water partition coefficient (Wildman–Crippen LogP) is 2.26. The summed E-state index contributed by atoms with van der Waals surface area (Å²) in [5, 5.41) is 2.05. The minimum atomic E-state index is -0.117. The SMILES string of the molecule is COC(=O)C1CCN1Cc1sccc1Br. The van der Waals surface area contributed by atoms with Gasteiger partial charge in [-0.2, -0.15) is 0 Å². The molecule has 0 aliphatic carbocycles. The number of thiophene rings is 1. The summed E-state index contributed by atoms with van der Waals surface area (Å²) in [6.45, 7) is 1.81. The Kier molecular flexibility index (Phi) is 3.43. The van der Waals surface area contributed by atoms with Gasteiger partial charge in [-0.15, -0.1) is 11.3 Å². The molecule has 2 heterocycles. The highest BCUT2D eigenvalue weighted by atomic mass is 79.9. The minimum absolute atomic E-state index is 0.0380. The zero-order valence-corrected chi connectivity index (χ0v) is 10.8. The van der Waals surface area contributed by atoms with E-state index in [1.807, 2.05) is 11.4 Å². The van der Waals surface area contributed by atoms with E-state index < -0.39 is 0 Å². The van der Waals surface area contributed by atoms with E-state index in [4.69, 9.17) is 4.74 Å². The summed E-state index contributed by atoms with van der Waals surface area (Å²) in [4.78, 5) is 14.8. The number of nitrogens with zero attached hydrogens (tertiary/aromatic N) is 1. The van der Waals surface area contributed by atoms with Crippen LogP contribution in [0.3, 0.4) is 0 Å². The Morgan fingerprint density at radius 1 is 1.80 bits per heavy atom. The number of esters is 1. The summed E-state index contributed by atoms with van der Waals surface area (Å²) in [5.41, 5.74) is 0. The fourth-order valence-electron chi connectivity index (χ4n) is 1.66. The molecular weight excluding hydrogens is 278 g/mol. The molecule has 1 aromatic heterocycles. The molecule has 1 aliphatic rings. The van der Waals surface area contributed by atoms with Gasteiger partial charge in [0.25, 0.3) is 0 Å². The van der Waals surface area contributed by atoms with Crippen LogP contribution in [-0.2, 0) is 16.1 Å². The van der Waals surface area contributed by atoms with Gasteiger partial charge in [0, 0.05) is 22.4 Å². The van der Waals surface area contributed by atoms with E-state index in [9.17, 15) is 4.79 Å². The van der Waals surface area contributed by atoms with E-state index in [1.54, 1.807) is 11.3 Å². The Balaban J connectivity index is 1.96. The number of rotatable bonds is 3. The lowest BCUT2D eigenvalue weighted by Gasteiger charge is -2.38. The number of methoxy groups -OCH3 is 1. The molecule has 2 rings (SSSR count). The molecule has 0 bridgehead atoms. The highest BCUT2D eigenvalue weighted by Gasteiger charge is 2.35. The molecule has 5 heteroatoms. The Morgan fingerprint density at radius 3 is 3.07 bits per heavy atom. The molecule has 1 aromatic rings. The van der Waals surface area contributed by atoms with Crippen molar-refractivity contribution < 1.29 is 9.53 Å². The first-order valence-electron chi connectivity index (χ1n) is 4.76. The van der Waals surface area contributed by atoms with Gasteiger partial charge >= 0.3 is 5.97 Å². The molecule has 1 fully saturated rings. The molecule has 0 saturated carbocycles. The average molecular weight is 290 g/mol. The molecule has 0 spiro atoms. The summed E-state index contributed by atoms with van der Waals surface area (Å²) < 4.78 is 5.87. The van der Waals surface area contributed by atoms with E-state index in [2.05, 4.69) is 20.8 Å². The van der Waals surface area contributed by atoms with Crippen LogP contribution in [0.1, 0.15) is 11.3 Å². The van der Waals surface area contributed by atoms with Crippen LogP contribution in [0.15, 0.2) is 15.9 Å². The highest BCUT2D eigenvalue weighted by molar-refractivity contribution is 9.10. The van der Waals surface area contributed by atoms with Gasteiger partial charge in [-0.3, -0.25) is 9.69 Å². The number of halogens is 1. The lowest BCUT2D eigenvalue weighted by Crippen LogP contribution is -2.51. The van der Waals surface area contributed by atoms with Crippen molar-refractivity contribution in [1.82, 2.24) is 4.90 Å². The number of carbonyl (C=O) groups is 1. The van der Waals surface area contributed by atoms with Crippen LogP contribution in [0.25, 0.3) is 0 Å². The smallest absolute Gasteiger partial charge is 0.323 e. The van der Waals surface area contributed by atoms with Gasteiger partial charge in [0.15, 0.2) is 0 Å². The fourth-order valence-corrected chi connectivity index (χ4v) is 3.16. The zero-order chi connectivity index (χ0) is 10.8. The average Bonchev–Trinajstić information content (AvgIpc) is 2.58. The van der Waals surface area contributed by atoms with Crippen LogP contribution in [0.5, 0.6) is 0 Å². The third-order valence-electron chi connectivity index (χ3n) is 2.64. The number of hydrogen-bond donors (Lipinski definition) is 0. The van der Waals surface area contributed by atoms with Gasteiger partial charge in [0.2, 0.25) is 0 Å². The largest absolute Gasteiger partial charge is 0.468 e. The second kappa shape index (κ2) is 4.63. The number of hydrogen-bond acceptors (Lipinski definition) is 4. The second-order valence-corrected chi connectivity index (χ2v) is 5.34. The van der Waals surface area contributed by atoms with Crippen LogP contribution in [-0.4, -0.2) is 30.6 Å². The maximum Gasteiger partial charge on any atom is 0.323 e. The van der Waals surface area contributed by atoms with Crippen molar-refractivity contribution in [2.75, 3.05) is 13.7 Å². The third-order valence-corrected chi connectivity index (χ3v) is 4.55. The summed E-state index contributed by atoms with van der Waals surface area (Å²) in [5.74, 6) is -0.117. The maximum absolute atomic E-state index is 11.3. The van der Waals surface area contributed by atoms with Crippen molar-refractivity contribution in [3.8, 4) is 0 Å². The third kappa shape index (κ3) is 2.24. The molecule has 0 N–H and O–H groups in total. The van der Waals surface area contributed by atoms with Crippen LogP contribution >= 0.6 is 27.3 Å². The van der Waals surface area contributed by atoms with Crippen molar-refractivity contribution in [1.29, 1.82) is 0 Å². The van der Waals surface area contributed by atoms with E-state index in [-0.39, 0.29) is 12.0 Å². The Bertz CT molecular complexity index is 366. The fraction of sp³-hybridized carbons (Fsp3) is 0.500. The van der Waals surface area contributed by atoms with E-state index in [0.717, 1.165) is 24.0 Å². The molecule has 82 valence electrons. The second-order valence-electron chi connectivity index (χ2n) is 3.49. The topological polar surface area (TPSA) is 29.5 Å². The quantitative estimate of drug-likeness (QED) is 0.800. The van der Waals surface area contributed by atoms with Gasteiger partial charge in [-0.05, 0) is 33.8 Å². The molecule has 15 heavy (non-hydrogen) atoms. The first kappa shape index (κ1) is 11.1. The highest BCUT2D eigenvalue weighted by Crippen LogP contribution is 2.28. The first-order chi connectivity index (χ1) is 7.22. The van der Waals surface area contributed by atoms with Gasteiger partial charge in [0.1, 0.15) is 6.04 Å². The van der Waals surface area contributed by atoms with E-state index in [1.165, 1.54) is 12.0 Å². The normalized spacial score (nSPS) is 21.1. The maximum atomic E-state index is 11.3. The Labute approximate surface area is 101 Å². The van der Waals surface area contributed by atoms with Crippen LogP contribution < -0.4 is 0 Å². The number of carbonyl (C=O) groups excluding carboxylic acids is 1. The standard InChI is InChI=1S/C10H12BrNO2S/c1-14-10(13)8-2-4-12(8)6-9-7(11)3-5-15-9/h3,5,8H,2,4,6H2,1H3. The van der Waals surface area contributed by atoms with Crippen LogP contribution in [0.4, 0.5) is 0 Å². The van der Waals surface area contributed by atoms with Crippen molar-refractivity contribution in [3.05, 3.63) is 20.8 Å². The van der Waals surface area contributed by atoms with E-state index >= 15 is 0 Å². The predicted molar refractivity (Wildman–Crippen MR) is 62.9 cm³/mol. The van der Waals surface area contributed by atoms with Crippen molar-refractivity contribution in [2.45, 2.75) is 19.0 Å². The number of likely N-dealkylation sites (tertiary alicyclic amines) is 1. The van der Waals surface area contributed by atoms with Gasteiger partial charge < -0.3 is 4.74 Å². The first-order valence-corrected chi connectivity index (χ1v) is 6.43. The summed E-state index contributed by atoms with van der Waals surface area (Å²) in [6, 6.07) is 2.00. The molecule has 0 amide bonds. The molecular formula is C10H12BrNO2S. The molecule has 0 aromatic carbocycles. The lowest BCUT2D eigenvalue weighted by atomic mass is 10.0. The molecule has 1 saturated heterocycles. The van der Waals surface area contributed by atoms with Crippen molar-refractivity contribution in [3.63, 3.8) is 0 Å². The molecule has 1 aliphatic heterocycles. The molecule has 0 radical (unpaired) electrons. The van der Waals surface area contributed by atoms with Gasteiger partial charge in [0.05, 0.1) is 7.11 Å². The summed E-state index contributed by atoms with van der Waals surface area (Å²) >= 11 is 5.20. The van der Waals surface area contributed by atoms with Gasteiger partial charge in [-0.1, -0.05) is 0 Å². The molecule has 3 nitrogen and oxygen atoms in total. The van der Waals surface area contributed by atoms with Crippen LogP contribution in [0, 0.1) is 0 Å². The molecule has 1 unspecified atom stereocenters. The summed E-state index contributed by atoms with van der Waals surface area (Å²) in [6.07, 6.45) is 0.912. The Hall–Kier alpha value is -0.390. The molecule has 1 atom stereocenters.